The molecule has 6 nitrogen and oxygen atoms in total. The van der Waals surface area contributed by atoms with E-state index in [2.05, 4.69) is 15.5 Å². The molecule has 1 aliphatic rings. The molecule has 7 heteroatoms. The maximum atomic E-state index is 12.5. The van der Waals surface area contributed by atoms with Crippen molar-refractivity contribution in [3.63, 3.8) is 0 Å². The van der Waals surface area contributed by atoms with E-state index in [0.717, 1.165) is 24.8 Å². The Balaban J connectivity index is 1.66. The summed E-state index contributed by atoms with van der Waals surface area (Å²) in [6, 6.07) is 12.9. The number of sulfonamides is 1. The predicted octanol–water partition coefficient (Wildman–Crippen LogP) is 2.70. The fraction of sp³-hybridized carbons (Fsp3) is 0.294. The van der Waals surface area contributed by atoms with Gasteiger partial charge in [-0.1, -0.05) is 36.8 Å². The summed E-state index contributed by atoms with van der Waals surface area (Å²) in [4.78, 5) is 4.36. The lowest BCUT2D eigenvalue weighted by molar-refractivity contribution is 0.346. The van der Waals surface area contributed by atoms with E-state index < -0.39 is 10.0 Å². The third-order valence-corrected chi connectivity index (χ3v) is 5.76. The topological polar surface area (TPSA) is 74.7 Å². The Morgan fingerprint density at radius 3 is 2.46 bits per heavy atom. The summed E-state index contributed by atoms with van der Waals surface area (Å²) in [6.45, 7) is 1.17. The monoisotopic (exact) mass is 344 g/mol. The predicted molar refractivity (Wildman–Crippen MR) is 94.5 cm³/mol. The van der Waals surface area contributed by atoms with E-state index in [1.54, 1.807) is 18.3 Å². The molecule has 0 aliphatic carbocycles. The molecule has 126 valence electrons. The Kier molecular flexibility index (Phi) is 5.22. The van der Waals surface area contributed by atoms with Crippen LogP contribution in [0, 0.1) is 0 Å². The van der Waals surface area contributed by atoms with E-state index in [1.165, 1.54) is 10.5 Å². The second-order valence-corrected chi connectivity index (χ2v) is 7.56. The van der Waals surface area contributed by atoms with Crippen LogP contribution >= 0.6 is 0 Å². The van der Waals surface area contributed by atoms with E-state index in [1.807, 2.05) is 30.3 Å². The van der Waals surface area contributed by atoms with Gasteiger partial charge in [0, 0.05) is 19.3 Å². The molecule has 0 spiro atoms. The molecule has 0 unspecified atom stereocenters. The molecule has 0 radical (unpaired) electrons. The molecule has 1 aliphatic heterocycles. The number of rotatable bonds is 5. The molecule has 3 rings (SSSR count). The number of nitrogens with zero attached hydrogens (tertiary/aromatic N) is 3. The lowest BCUT2D eigenvalue weighted by atomic mass is 10.2. The summed E-state index contributed by atoms with van der Waals surface area (Å²) in [5, 5.41) is 4.10. The zero-order valence-corrected chi connectivity index (χ0v) is 14.1. The van der Waals surface area contributed by atoms with Crippen LogP contribution in [0.1, 0.15) is 24.8 Å². The van der Waals surface area contributed by atoms with Gasteiger partial charge in [0.2, 0.25) is 10.0 Å². The van der Waals surface area contributed by atoms with Crippen LogP contribution in [0.4, 0.5) is 5.82 Å². The molecule has 2 heterocycles. The van der Waals surface area contributed by atoms with Gasteiger partial charge in [0.15, 0.2) is 0 Å². The van der Waals surface area contributed by atoms with Crippen molar-refractivity contribution in [2.45, 2.75) is 24.2 Å². The van der Waals surface area contributed by atoms with Crippen molar-refractivity contribution in [3.8, 4) is 0 Å². The molecule has 0 atom stereocenters. The van der Waals surface area contributed by atoms with Crippen molar-refractivity contribution in [3.05, 3.63) is 54.2 Å². The molecule has 24 heavy (non-hydrogen) atoms. The lowest BCUT2D eigenvalue weighted by Crippen LogP contribution is -2.35. The Labute approximate surface area is 142 Å². The fourth-order valence-electron chi connectivity index (χ4n) is 2.57. The van der Waals surface area contributed by atoms with E-state index in [0.29, 0.717) is 18.9 Å². The van der Waals surface area contributed by atoms with Crippen LogP contribution in [-0.4, -0.2) is 37.0 Å². The minimum atomic E-state index is -3.44. The van der Waals surface area contributed by atoms with Crippen LogP contribution in [0.3, 0.4) is 0 Å². The highest BCUT2D eigenvalue weighted by molar-refractivity contribution is 7.89. The van der Waals surface area contributed by atoms with Gasteiger partial charge in [-0.15, -0.1) is 0 Å². The zero-order chi connectivity index (χ0) is 16.8. The molecule has 1 saturated heterocycles. The van der Waals surface area contributed by atoms with E-state index in [4.69, 9.17) is 0 Å². The van der Waals surface area contributed by atoms with Crippen LogP contribution in [0.5, 0.6) is 0 Å². The van der Waals surface area contributed by atoms with Gasteiger partial charge in [0.05, 0.1) is 6.21 Å². The number of benzene rings is 1. The largest absolute Gasteiger partial charge is 0.261 e. The molecule has 1 aromatic carbocycles. The van der Waals surface area contributed by atoms with Gasteiger partial charge < -0.3 is 0 Å². The standard InChI is InChI=1S/C17H20N4O2S/c22-24(23,21-11-5-2-6-12-21)16-9-10-17(18-14-16)20-19-13-15-7-3-1-4-8-15/h1,3-4,7-10,13-14H,2,5-6,11-12H2,(H,18,20)/b19-13+. The summed E-state index contributed by atoms with van der Waals surface area (Å²) in [5.74, 6) is 0.500. The number of piperidine rings is 1. The highest BCUT2D eigenvalue weighted by Crippen LogP contribution is 2.20. The molecule has 1 aromatic heterocycles. The Hall–Kier alpha value is -2.25. The normalized spacial score (nSPS) is 16.3. The molecule has 0 saturated carbocycles. The van der Waals surface area contributed by atoms with E-state index >= 15 is 0 Å². The van der Waals surface area contributed by atoms with Crippen molar-refractivity contribution in [1.82, 2.24) is 9.29 Å². The first kappa shape index (κ1) is 16.6. The zero-order valence-electron chi connectivity index (χ0n) is 13.3. The minimum absolute atomic E-state index is 0.224. The van der Waals surface area contributed by atoms with Crippen LogP contribution in [0.15, 0.2) is 58.7 Å². The van der Waals surface area contributed by atoms with Crippen molar-refractivity contribution >= 4 is 22.1 Å². The van der Waals surface area contributed by atoms with Gasteiger partial charge in [-0.3, -0.25) is 5.43 Å². The van der Waals surface area contributed by atoms with Crippen LogP contribution < -0.4 is 5.43 Å². The van der Waals surface area contributed by atoms with Crippen molar-refractivity contribution in [2.24, 2.45) is 5.10 Å². The SMILES string of the molecule is O=S(=O)(c1ccc(N/N=C/c2ccccc2)nc1)N1CCCCC1. The maximum absolute atomic E-state index is 12.5. The number of hydrogen-bond acceptors (Lipinski definition) is 5. The van der Waals surface area contributed by atoms with Gasteiger partial charge in [-0.05, 0) is 30.5 Å². The van der Waals surface area contributed by atoms with E-state index in [-0.39, 0.29) is 4.90 Å². The number of nitrogens with one attached hydrogen (secondary N) is 1. The number of pyridine rings is 1. The summed E-state index contributed by atoms with van der Waals surface area (Å²) >= 11 is 0. The highest BCUT2D eigenvalue weighted by Gasteiger charge is 2.25. The van der Waals surface area contributed by atoms with Crippen molar-refractivity contribution in [2.75, 3.05) is 18.5 Å². The molecule has 1 fully saturated rings. The number of aromatic nitrogens is 1. The summed E-state index contributed by atoms with van der Waals surface area (Å²) < 4.78 is 26.6. The maximum Gasteiger partial charge on any atom is 0.244 e. The van der Waals surface area contributed by atoms with Crippen LogP contribution in [0.25, 0.3) is 0 Å². The smallest absolute Gasteiger partial charge is 0.244 e. The third kappa shape index (κ3) is 3.98. The number of hydrogen-bond donors (Lipinski definition) is 1. The lowest BCUT2D eigenvalue weighted by Gasteiger charge is -2.25. The van der Waals surface area contributed by atoms with Crippen LogP contribution in [-0.2, 0) is 10.0 Å². The quantitative estimate of drug-likeness (QED) is 0.668. The third-order valence-electron chi connectivity index (χ3n) is 3.88. The Bertz CT molecular complexity index is 783. The van der Waals surface area contributed by atoms with Crippen molar-refractivity contribution < 1.29 is 8.42 Å². The number of anilines is 1. The average Bonchev–Trinajstić information content (AvgIpc) is 2.64. The van der Waals surface area contributed by atoms with Crippen molar-refractivity contribution in [1.29, 1.82) is 0 Å². The Morgan fingerprint density at radius 1 is 1.04 bits per heavy atom. The summed E-state index contributed by atoms with van der Waals surface area (Å²) in [5.41, 5.74) is 3.77. The summed E-state index contributed by atoms with van der Waals surface area (Å²) in [6.07, 6.45) is 5.98. The second-order valence-electron chi connectivity index (χ2n) is 5.62. The average molecular weight is 344 g/mol. The van der Waals surface area contributed by atoms with Crippen LogP contribution in [0.2, 0.25) is 0 Å². The number of hydrazone groups is 1. The first-order valence-electron chi connectivity index (χ1n) is 7.96. The van der Waals surface area contributed by atoms with Gasteiger partial charge in [-0.25, -0.2) is 13.4 Å². The highest BCUT2D eigenvalue weighted by atomic mass is 32.2. The van der Waals surface area contributed by atoms with Gasteiger partial charge >= 0.3 is 0 Å². The Morgan fingerprint density at radius 2 is 1.79 bits per heavy atom. The first-order valence-corrected chi connectivity index (χ1v) is 9.40. The molecular formula is C17H20N4O2S. The molecule has 2 aromatic rings. The molecular weight excluding hydrogens is 324 g/mol. The van der Waals surface area contributed by atoms with Gasteiger partial charge in [0.1, 0.15) is 10.7 Å². The molecule has 0 bridgehead atoms. The molecule has 1 N–H and O–H groups in total. The minimum Gasteiger partial charge on any atom is -0.261 e. The second kappa shape index (κ2) is 7.55. The fourth-order valence-corrected chi connectivity index (χ4v) is 4.03. The van der Waals surface area contributed by atoms with Gasteiger partial charge in [0.25, 0.3) is 0 Å². The first-order chi connectivity index (χ1) is 11.7. The van der Waals surface area contributed by atoms with E-state index in [9.17, 15) is 8.42 Å². The molecule has 0 amide bonds. The van der Waals surface area contributed by atoms with Gasteiger partial charge in [-0.2, -0.15) is 9.41 Å². The summed E-state index contributed by atoms with van der Waals surface area (Å²) in [7, 11) is -3.44.